The number of esters is 1. The summed E-state index contributed by atoms with van der Waals surface area (Å²) in [5.74, 6) is -0.143. The molecule has 0 fully saturated rings. The van der Waals surface area contributed by atoms with Crippen molar-refractivity contribution in [1.29, 1.82) is 0 Å². The van der Waals surface area contributed by atoms with Crippen LogP contribution in [0.3, 0.4) is 0 Å². The number of carbonyl (C=O) groups is 1. The van der Waals surface area contributed by atoms with Crippen molar-refractivity contribution in [3.05, 3.63) is 23.8 Å². The minimum absolute atomic E-state index is 0.284. The lowest BCUT2D eigenvalue weighted by Crippen LogP contribution is -2.06. The molecule has 4 nitrogen and oxygen atoms in total. The van der Waals surface area contributed by atoms with Crippen LogP contribution in [-0.2, 0) is 4.74 Å². The summed E-state index contributed by atoms with van der Waals surface area (Å²) >= 11 is 0. The maximum Gasteiger partial charge on any atom is 0.356 e. The largest absolute Gasteiger partial charge is 0.464 e. The zero-order valence-electron chi connectivity index (χ0n) is 7.94. The second kappa shape index (κ2) is 3.98. The first kappa shape index (κ1) is 9.64. The zero-order valence-corrected chi connectivity index (χ0v) is 7.94. The Morgan fingerprint density at radius 3 is 2.69 bits per heavy atom. The molecule has 1 rings (SSSR count). The standard InChI is InChI=1S/C9H12N2O2/c1-6(2)7-4-8(9(12)13-3)11-5-10-7/h4-6H,1-3H3. The van der Waals surface area contributed by atoms with E-state index in [0.717, 1.165) is 5.69 Å². The molecule has 1 aromatic rings. The Labute approximate surface area is 77.0 Å². The van der Waals surface area contributed by atoms with E-state index in [9.17, 15) is 4.79 Å². The highest BCUT2D eigenvalue weighted by Gasteiger charge is 2.09. The Kier molecular flexibility index (Phi) is 2.95. The van der Waals surface area contributed by atoms with Gasteiger partial charge in [0, 0.05) is 5.69 Å². The first-order valence-electron chi connectivity index (χ1n) is 4.05. The van der Waals surface area contributed by atoms with Crippen molar-refractivity contribution in [2.45, 2.75) is 19.8 Å². The summed E-state index contributed by atoms with van der Waals surface area (Å²) in [7, 11) is 1.33. The molecule has 0 radical (unpaired) electrons. The first-order valence-corrected chi connectivity index (χ1v) is 4.05. The number of nitrogens with zero attached hydrogens (tertiary/aromatic N) is 2. The molecule has 0 saturated heterocycles. The molecule has 0 aliphatic rings. The van der Waals surface area contributed by atoms with Crippen LogP contribution in [-0.4, -0.2) is 23.0 Å². The third-order valence-electron chi connectivity index (χ3n) is 1.67. The molecule has 4 heteroatoms. The lowest BCUT2D eigenvalue weighted by atomic mass is 10.1. The average Bonchev–Trinajstić information content (AvgIpc) is 2.17. The minimum atomic E-state index is -0.427. The predicted molar refractivity (Wildman–Crippen MR) is 47.5 cm³/mol. The van der Waals surface area contributed by atoms with Crippen molar-refractivity contribution >= 4 is 5.97 Å². The molecule has 70 valence electrons. The zero-order chi connectivity index (χ0) is 9.84. The Hall–Kier alpha value is -1.45. The van der Waals surface area contributed by atoms with Gasteiger partial charge in [-0.15, -0.1) is 0 Å². The summed E-state index contributed by atoms with van der Waals surface area (Å²) in [5, 5.41) is 0. The Balaban J connectivity index is 2.98. The summed E-state index contributed by atoms with van der Waals surface area (Å²) in [4.78, 5) is 18.9. The lowest BCUT2D eigenvalue weighted by molar-refractivity contribution is 0.0593. The predicted octanol–water partition coefficient (Wildman–Crippen LogP) is 1.39. The van der Waals surface area contributed by atoms with Crippen molar-refractivity contribution in [2.24, 2.45) is 0 Å². The van der Waals surface area contributed by atoms with Gasteiger partial charge in [0.05, 0.1) is 7.11 Å². The van der Waals surface area contributed by atoms with Crippen LogP contribution >= 0.6 is 0 Å². The van der Waals surface area contributed by atoms with E-state index in [-0.39, 0.29) is 5.92 Å². The van der Waals surface area contributed by atoms with Crippen LogP contribution < -0.4 is 0 Å². The van der Waals surface area contributed by atoms with Crippen molar-refractivity contribution in [1.82, 2.24) is 9.97 Å². The van der Waals surface area contributed by atoms with Crippen LogP contribution in [0.4, 0.5) is 0 Å². The third-order valence-corrected chi connectivity index (χ3v) is 1.67. The lowest BCUT2D eigenvalue weighted by Gasteiger charge is -2.04. The summed E-state index contributed by atoms with van der Waals surface area (Å²) in [5.41, 5.74) is 1.15. The third kappa shape index (κ3) is 2.24. The highest BCUT2D eigenvalue weighted by molar-refractivity contribution is 5.87. The molecule has 0 atom stereocenters. The van der Waals surface area contributed by atoms with Gasteiger partial charge in [-0.1, -0.05) is 13.8 Å². The monoisotopic (exact) mass is 180 g/mol. The first-order chi connectivity index (χ1) is 6.15. The van der Waals surface area contributed by atoms with Crippen molar-refractivity contribution in [2.75, 3.05) is 7.11 Å². The van der Waals surface area contributed by atoms with Crippen LogP contribution in [0.25, 0.3) is 0 Å². The summed E-state index contributed by atoms with van der Waals surface area (Å²) in [6, 6.07) is 1.65. The number of rotatable bonds is 2. The smallest absolute Gasteiger partial charge is 0.356 e. The highest BCUT2D eigenvalue weighted by atomic mass is 16.5. The molecule has 0 amide bonds. The molecule has 0 aliphatic carbocycles. The second-order valence-corrected chi connectivity index (χ2v) is 2.97. The van der Waals surface area contributed by atoms with Gasteiger partial charge in [0.2, 0.25) is 0 Å². The number of ether oxygens (including phenoxy) is 1. The van der Waals surface area contributed by atoms with Crippen molar-refractivity contribution in [3.8, 4) is 0 Å². The fraction of sp³-hybridized carbons (Fsp3) is 0.444. The molecule has 0 aromatic carbocycles. The molecule has 0 bridgehead atoms. The molecular formula is C9H12N2O2. The van der Waals surface area contributed by atoms with Crippen LogP contribution in [0.2, 0.25) is 0 Å². The minimum Gasteiger partial charge on any atom is -0.464 e. The molecule has 0 aliphatic heterocycles. The van der Waals surface area contributed by atoms with Gasteiger partial charge in [0.25, 0.3) is 0 Å². The molecule has 13 heavy (non-hydrogen) atoms. The van der Waals surface area contributed by atoms with Gasteiger partial charge in [-0.2, -0.15) is 0 Å². The van der Waals surface area contributed by atoms with Crippen LogP contribution in [0, 0.1) is 0 Å². The summed E-state index contributed by atoms with van der Waals surface area (Å²) < 4.78 is 4.54. The summed E-state index contributed by atoms with van der Waals surface area (Å²) in [6.45, 7) is 4.01. The number of hydrogen-bond donors (Lipinski definition) is 0. The van der Waals surface area contributed by atoms with Gasteiger partial charge in [-0.25, -0.2) is 14.8 Å². The number of methoxy groups -OCH3 is 1. The normalized spacial score (nSPS) is 10.2. The topological polar surface area (TPSA) is 52.1 Å². The van der Waals surface area contributed by atoms with E-state index in [1.165, 1.54) is 13.4 Å². The maximum absolute atomic E-state index is 11.1. The van der Waals surface area contributed by atoms with Gasteiger partial charge in [0.15, 0.2) is 5.69 Å². The van der Waals surface area contributed by atoms with Gasteiger partial charge in [0.1, 0.15) is 6.33 Å². The second-order valence-electron chi connectivity index (χ2n) is 2.97. The van der Waals surface area contributed by atoms with Crippen LogP contribution in [0.1, 0.15) is 35.9 Å². The van der Waals surface area contributed by atoms with Gasteiger partial charge in [-0.05, 0) is 12.0 Å². The summed E-state index contributed by atoms with van der Waals surface area (Å²) in [6.07, 6.45) is 1.38. The Bertz CT molecular complexity index is 310. The number of hydrogen-bond acceptors (Lipinski definition) is 4. The van der Waals surface area contributed by atoms with Crippen LogP contribution in [0.15, 0.2) is 12.4 Å². The molecular weight excluding hydrogens is 168 g/mol. The molecule has 0 unspecified atom stereocenters. The molecule has 0 saturated carbocycles. The molecule has 1 aromatic heterocycles. The quantitative estimate of drug-likeness (QED) is 0.645. The molecule has 0 spiro atoms. The van der Waals surface area contributed by atoms with E-state index in [0.29, 0.717) is 5.69 Å². The van der Waals surface area contributed by atoms with E-state index in [2.05, 4.69) is 14.7 Å². The van der Waals surface area contributed by atoms with Crippen molar-refractivity contribution < 1.29 is 9.53 Å². The highest BCUT2D eigenvalue weighted by Crippen LogP contribution is 2.11. The van der Waals surface area contributed by atoms with Crippen LogP contribution in [0.5, 0.6) is 0 Å². The van der Waals surface area contributed by atoms with E-state index in [1.807, 2.05) is 13.8 Å². The number of carbonyl (C=O) groups excluding carboxylic acids is 1. The fourth-order valence-corrected chi connectivity index (χ4v) is 0.904. The number of aromatic nitrogens is 2. The average molecular weight is 180 g/mol. The van der Waals surface area contributed by atoms with E-state index in [4.69, 9.17) is 0 Å². The van der Waals surface area contributed by atoms with E-state index < -0.39 is 5.97 Å². The van der Waals surface area contributed by atoms with E-state index >= 15 is 0 Å². The van der Waals surface area contributed by atoms with Gasteiger partial charge in [-0.3, -0.25) is 0 Å². The fourth-order valence-electron chi connectivity index (χ4n) is 0.904. The Morgan fingerprint density at radius 2 is 2.15 bits per heavy atom. The SMILES string of the molecule is COC(=O)c1cc(C(C)C)ncn1. The molecule has 1 heterocycles. The maximum atomic E-state index is 11.1. The van der Waals surface area contributed by atoms with Crippen molar-refractivity contribution in [3.63, 3.8) is 0 Å². The Morgan fingerprint density at radius 1 is 1.46 bits per heavy atom. The van der Waals surface area contributed by atoms with Gasteiger partial charge < -0.3 is 4.74 Å². The van der Waals surface area contributed by atoms with Gasteiger partial charge >= 0.3 is 5.97 Å². The van der Waals surface area contributed by atoms with E-state index in [1.54, 1.807) is 6.07 Å². The molecule has 0 N–H and O–H groups in total.